The summed E-state index contributed by atoms with van der Waals surface area (Å²) in [6.45, 7) is 2.47. The third-order valence-corrected chi connectivity index (χ3v) is 4.08. The van der Waals surface area contributed by atoms with Crippen molar-refractivity contribution in [2.24, 2.45) is 5.92 Å². The van der Waals surface area contributed by atoms with Gasteiger partial charge in [-0.2, -0.15) is 0 Å². The van der Waals surface area contributed by atoms with Gasteiger partial charge < -0.3 is 14.4 Å². The molecule has 1 atom stereocenters. The van der Waals surface area contributed by atoms with Crippen LogP contribution < -0.4 is 0 Å². The topological polar surface area (TPSA) is 83.6 Å². The molecule has 0 saturated carbocycles. The maximum absolute atomic E-state index is 12.6. The molecule has 1 N–H and O–H groups in total. The molecule has 0 radical (unpaired) electrons. The predicted octanol–water partition coefficient (Wildman–Crippen LogP) is 2.59. The number of carboxylic acids is 1. The number of amides is 1. The molecule has 1 amide bonds. The number of oxazole rings is 1. The van der Waals surface area contributed by atoms with E-state index in [1.165, 1.54) is 0 Å². The predicted molar refractivity (Wildman–Crippen MR) is 82.9 cm³/mol. The summed E-state index contributed by atoms with van der Waals surface area (Å²) < 4.78 is 5.61. The molecule has 1 fully saturated rings. The zero-order chi connectivity index (χ0) is 16.4. The van der Waals surface area contributed by atoms with Gasteiger partial charge in [-0.05, 0) is 31.9 Å². The van der Waals surface area contributed by atoms with E-state index in [0.717, 1.165) is 5.56 Å². The quantitative estimate of drug-likeness (QED) is 0.941. The van der Waals surface area contributed by atoms with Gasteiger partial charge in [0, 0.05) is 18.7 Å². The minimum atomic E-state index is -0.857. The van der Waals surface area contributed by atoms with Gasteiger partial charge in [0.1, 0.15) is 5.76 Å². The molecular weight excluding hydrogens is 296 g/mol. The number of aryl methyl sites for hydroxylation is 1. The molecule has 2 heterocycles. The molecular formula is C17H18N2O4. The van der Waals surface area contributed by atoms with E-state index in [9.17, 15) is 9.59 Å². The summed E-state index contributed by atoms with van der Waals surface area (Å²) in [6, 6.07) is 9.36. The van der Waals surface area contributed by atoms with E-state index >= 15 is 0 Å². The van der Waals surface area contributed by atoms with Gasteiger partial charge in [0.2, 0.25) is 5.89 Å². The fraction of sp³-hybridized carbons (Fsp3) is 0.353. The average molecular weight is 314 g/mol. The highest BCUT2D eigenvalue weighted by molar-refractivity contribution is 5.94. The molecule has 1 aromatic heterocycles. The Kier molecular flexibility index (Phi) is 4.14. The first-order chi connectivity index (χ1) is 11.1. The van der Waals surface area contributed by atoms with Crippen molar-refractivity contribution < 1.29 is 19.1 Å². The molecule has 6 heteroatoms. The van der Waals surface area contributed by atoms with E-state index < -0.39 is 11.9 Å². The number of benzene rings is 1. The zero-order valence-corrected chi connectivity index (χ0v) is 12.9. The second-order valence-corrected chi connectivity index (χ2v) is 5.72. The number of rotatable bonds is 3. The van der Waals surface area contributed by atoms with Crippen molar-refractivity contribution in [2.75, 3.05) is 13.1 Å². The molecule has 23 heavy (non-hydrogen) atoms. The van der Waals surface area contributed by atoms with Crippen molar-refractivity contribution in [2.45, 2.75) is 19.8 Å². The van der Waals surface area contributed by atoms with Crippen LogP contribution >= 0.6 is 0 Å². The van der Waals surface area contributed by atoms with Gasteiger partial charge in [0.15, 0.2) is 5.69 Å². The number of hydrogen-bond donors (Lipinski definition) is 1. The lowest BCUT2D eigenvalue weighted by atomic mass is 9.98. The third kappa shape index (κ3) is 3.11. The first kappa shape index (κ1) is 15.3. The van der Waals surface area contributed by atoms with Gasteiger partial charge in [0.05, 0.1) is 5.92 Å². The van der Waals surface area contributed by atoms with Crippen LogP contribution in [0.15, 0.2) is 34.7 Å². The van der Waals surface area contributed by atoms with Crippen LogP contribution in [0.3, 0.4) is 0 Å². The van der Waals surface area contributed by atoms with Crippen LogP contribution in [0.25, 0.3) is 11.5 Å². The van der Waals surface area contributed by atoms with Crippen LogP contribution in [0, 0.1) is 12.8 Å². The lowest BCUT2D eigenvalue weighted by molar-refractivity contribution is -0.143. The highest BCUT2D eigenvalue weighted by Crippen LogP contribution is 2.24. The smallest absolute Gasteiger partial charge is 0.308 e. The number of piperidine rings is 1. The zero-order valence-electron chi connectivity index (χ0n) is 12.9. The molecule has 2 aromatic rings. The Morgan fingerprint density at radius 3 is 2.74 bits per heavy atom. The van der Waals surface area contributed by atoms with Crippen LogP contribution in [-0.4, -0.2) is 40.0 Å². The molecule has 6 nitrogen and oxygen atoms in total. The summed E-state index contributed by atoms with van der Waals surface area (Å²) >= 11 is 0. The summed E-state index contributed by atoms with van der Waals surface area (Å²) in [6.07, 6.45) is 1.29. The molecule has 1 saturated heterocycles. The van der Waals surface area contributed by atoms with E-state index in [4.69, 9.17) is 9.52 Å². The van der Waals surface area contributed by atoms with E-state index in [0.29, 0.717) is 31.0 Å². The fourth-order valence-electron chi connectivity index (χ4n) is 2.81. The number of nitrogens with zero attached hydrogens (tertiary/aromatic N) is 2. The standard InChI is InChI=1S/C17H18N2O4/c1-11-14(18-15(23-11)12-6-3-2-4-7-12)16(20)19-9-5-8-13(10-19)17(21)22/h2-4,6-7,13H,5,8-10H2,1H3,(H,21,22)/t13-/m0/s1. The summed E-state index contributed by atoms with van der Waals surface area (Å²) in [5.74, 6) is -0.776. The van der Waals surface area contributed by atoms with Crippen molar-refractivity contribution in [1.82, 2.24) is 9.88 Å². The molecule has 0 aliphatic carbocycles. The Hall–Kier alpha value is -2.63. The Balaban J connectivity index is 1.83. The van der Waals surface area contributed by atoms with Crippen molar-refractivity contribution >= 4 is 11.9 Å². The second-order valence-electron chi connectivity index (χ2n) is 5.72. The van der Waals surface area contributed by atoms with Gasteiger partial charge >= 0.3 is 5.97 Å². The van der Waals surface area contributed by atoms with E-state index in [1.807, 2.05) is 30.3 Å². The largest absolute Gasteiger partial charge is 0.481 e. The molecule has 1 aliphatic heterocycles. The van der Waals surface area contributed by atoms with Crippen molar-refractivity contribution in [3.63, 3.8) is 0 Å². The van der Waals surface area contributed by atoms with E-state index in [2.05, 4.69) is 4.98 Å². The molecule has 1 aromatic carbocycles. The minimum Gasteiger partial charge on any atom is -0.481 e. The van der Waals surface area contributed by atoms with Gasteiger partial charge in [0.25, 0.3) is 5.91 Å². The Morgan fingerprint density at radius 2 is 2.04 bits per heavy atom. The van der Waals surface area contributed by atoms with Crippen LogP contribution in [-0.2, 0) is 4.79 Å². The van der Waals surface area contributed by atoms with Crippen molar-refractivity contribution in [1.29, 1.82) is 0 Å². The minimum absolute atomic E-state index is 0.223. The van der Waals surface area contributed by atoms with Gasteiger partial charge in [-0.1, -0.05) is 18.2 Å². The number of aliphatic carboxylic acids is 1. The molecule has 1 aliphatic rings. The van der Waals surface area contributed by atoms with Gasteiger partial charge in [-0.15, -0.1) is 0 Å². The van der Waals surface area contributed by atoms with E-state index in [-0.39, 0.29) is 18.1 Å². The number of likely N-dealkylation sites (tertiary alicyclic amines) is 1. The van der Waals surface area contributed by atoms with Crippen LogP contribution in [0.4, 0.5) is 0 Å². The van der Waals surface area contributed by atoms with Crippen LogP contribution in [0.5, 0.6) is 0 Å². The lowest BCUT2D eigenvalue weighted by Crippen LogP contribution is -2.42. The summed E-state index contributed by atoms with van der Waals surface area (Å²) in [5.41, 5.74) is 1.06. The van der Waals surface area contributed by atoms with Crippen molar-refractivity contribution in [3.05, 3.63) is 41.8 Å². The number of hydrogen-bond acceptors (Lipinski definition) is 4. The highest BCUT2D eigenvalue weighted by atomic mass is 16.4. The molecule has 0 unspecified atom stereocenters. The van der Waals surface area contributed by atoms with E-state index in [1.54, 1.807) is 11.8 Å². The molecule has 0 spiro atoms. The molecule has 0 bridgehead atoms. The van der Waals surface area contributed by atoms with Gasteiger partial charge in [-0.25, -0.2) is 4.98 Å². The van der Waals surface area contributed by atoms with Crippen molar-refractivity contribution in [3.8, 4) is 11.5 Å². The molecule has 3 rings (SSSR count). The Bertz CT molecular complexity index is 723. The Morgan fingerprint density at radius 1 is 1.30 bits per heavy atom. The third-order valence-electron chi connectivity index (χ3n) is 4.08. The number of carbonyl (C=O) groups is 2. The summed E-state index contributed by atoms with van der Waals surface area (Å²) in [7, 11) is 0. The fourth-order valence-corrected chi connectivity index (χ4v) is 2.81. The highest BCUT2D eigenvalue weighted by Gasteiger charge is 2.31. The summed E-state index contributed by atoms with van der Waals surface area (Å²) in [4.78, 5) is 29.7. The maximum atomic E-state index is 12.6. The van der Waals surface area contributed by atoms with Gasteiger partial charge in [-0.3, -0.25) is 9.59 Å². The number of aromatic nitrogens is 1. The van der Waals surface area contributed by atoms with Crippen LogP contribution in [0.2, 0.25) is 0 Å². The second kappa shape index (κ2) is 6.24. The molecule has 120 valence electrons. The normalized spacial score (nSPS) is 18.0. The Labute approximate surface area is 133 Å². The lowest BCUT2D eigenvalue weighted by Gasteiger charge is -2.30. The monoisotopic (exact) mass is 314 g/mol. The maximum Gasteiger partial charge on any atom is 0.308 e. The number of carboxylic acid groups (broad SMARTS) is 1. The average Bonchev–Trinajstić information content (AvgIpc) is 2.97. The first-order valence-corrected chi connectivity index (χ1v) is 7.61. The SMILES string of the molecule is Cc1oc(-c2ccccc2)nc1C(=O)N1CCC[C@H](C(=O)O)C1. The first-order valence-electron chi connectivity index (χ1n) is 7.61. The summed E-state index contributed by atoms with van der Waals surface area (Å²) in [5, 5.41) is 9.14. The van der Waals surface area contributed by atoms with Crippen LogP contribution in [0.1, 0.15) is 29.1 Å². The number of carbonyl (C=O) groups excluding carboxylic acids is 1.